The standard InChI is InChI=1S/C15H21FN4O/c1-11(2)7-17-8-12-5-4-6-14(16)15(12)21-10-13-9-20(3)19-18-13/h4-6,9,11,17H,7-8,10H2,1-3H3. The molecule has 0 unspecified atom stereocenters. The first-order valence-electron chi connectivity index (χ1n) is 7.02. The van der Waals surface area contributed by atoms with E-state index in [9.17, 15) is 4.39 Å². The van der Waals surface area contributed by atoms with Gasteiger partial charge in [-0.2, -0.15) is 0 Å². The lowest BCUT2D eigenvalue weighted by Crippen LogP contribution is -2.19. The molecule has 114 valence electrons. The van der Waals surface area contributed by atoms with E-state index in [2.05, 4.69) is 29.5 Å². The number of aromatic nitrogens is 3. The average molecular weight is 292 g/mol. The van der Waals surface area contributed by atoms with Crippen LogP contribution in [0.25, 0.3) is 0 Å². The molecule has 0 saturated carbocycles. The Morgan fingerprint density at radius 2 is 2.19 bits per heavy atom. The van der Waals surface area contributed by atoms with Crippen LogP contribution in [0.3, 0.4) is 0 Å². The van der Waals surface area contributed by atoms with Gasteiger partial charge in [-0.25, -0.2) is 4.39 Å². The highest BCUT2D eigenvalue weighted by Crippen LogP contribution is 2.23. The van der Waals surface area contributed by atoms with Crippen LogP contribution in [0.1, 0.15) is 25.1 Å². The lowest BCUT2D eigenvalue weighted by molar-refractivity contribution is 0.281. The summed E-state index contributed by atoms with van der Waals surface area (Å²) in [7, 11) is 1.78. The van der Waals surface area contributed by atoms with Crippen molar-refractivity contribution in [2.75, 3.05) is 6.54 Å². The fourth-order valence-electron chi connectivity index (χ4n) is 1.96. The highest BCUT2D eigenvalue weighted by molar-refractivity contribution is 5.35. The molecule has 6 heteroatoms. The summed E-state index contributed by atoms with van der Waals surface area (Å²) in [6.07, 6.45) is 1.75. The van der Waals surface area contributed by atoms with Gasteiger partial charge >= 0.3 is 0 Å². The molecule has 2 rings (SSSR count). The van der Waals surface area contributed by atoms with E-state index in [-0.39, 0.29) is 18.2 Å². The van der Waals surface area contributed by atoms with Crippen LogP contribution in [0, 0.1) is 11.7 Å². The molecule has 0 aliphatic carbocycles. The SMILES string of the molecule is CC(C)CNCc1cccc(F)c1OCc1cn(C)nn1. The number of rotatable bonds is 7. The molecule has 0 radical (unpaired) electrons. The molecule has 0 aliphatic rings. The molecule has 1 aromatic carbocycles. The van der Waals surface area contributed by atoms with Crippen molar-refractivity contribution < 1.29 is 9.13 Å². The minimum atomic E-state index is -0.359. The molecule has 21 heavy (non-hydrogen) atoms. The molecule has 0 fully saturated rings. The van der Waals surface area contributed by atoms with E-state index in [0.29, 0.717) is 18.2 Å². The first kappa shape index (κ1) is 15.4. The van der Waals surface area contributed by atoms with E-state index in [4.69, 9.17) is 4.74 Å². The minimum Gasteiger partial charge on any atom is -0.484 e. The zero-order valence-electron chi connectivity index (χ0n) is 12.6. The van der Waals surface area contributed by atoms with Gasteiger partial charge in [0.2, 0.25) is 0 Å². The van der Waals surface area contributed by atoms with Gasteiger partial charge in [-0.15, -0.1) is 5.10 Å². The van der Waals surface area contributed by atoms with Crippen LogP contribution < -0.4 is 10.1 Å². The lowest BCUT2D eigenvalue weighted by Gasteiger charge is -2.13. The summed E-state index contributed by atoms with van der Waals surface area (Å²) in [5.74, 6) is 0.463. The number of nitrogens with one attached hydrogen (secondary N) is 1. The second kappa shape index (κ2) is 7.17. The summed E-state index contributed by atoms with van der Waals surface area (Å²) < 4.78 is 21.1. The Kier molecular flexibility index (Phi) is 5.27. The second-order valence-electron chi connectivity index (χ2n) is 5.43. The Morgan fingerprint density at radius 3 is 2.86 bits per heavy atom. The van der Waals surface area contributed by atoms with Crippen LogP contribution in [0.4, 0.5) is 4.39 Å². The van der Waals surface area contributed by atoms with Crippen molar-refractivity contribution in [1.29, 1.82) is 0 Å². The summed E-state index contributed by atoms with van der Waals surface area (Å²) in [4.78, 5) is 0. The van der Waals surface area contributed by atoms with Gasteiger partial charge in [-0.1, -0.05) is 31.2 Å². The van der Waals surface area contributed by atoms with E-state index < -0.39 is 0 Å². The average Bonchev–Trinajstić information content (AvgIpc) is 2.83. The number of ether oxygens (including phenoxy) is 1. The highest BCUT2D eigenvalue weighted by Gasteiger charge is 2.11. The molecular weight excluding hydrogens is 271 g/mol. The molecule has 0 bridgehead atoms. The fourth-order valence-corrected chi connectivity index (χ4v) is 1.96. The normalized spacial score (nSPS) is 11.1. The van der Waals surface area contributed by atoms with Crippen molar-refractivity contribution in [1.82, 2.24) is 20.3 Å². The molecule has 0 atom stereocenters. The predicted molar refractivity (Wildman–Crippen MR) is 78.3 cm³/mol. The number of hydrogen-bond donors (Lipinski definition) is 1. The maximum Gasteiger partial charge on any atom is 0.165 e. The number of hydrogen-bond acceptors (Lipinski definition) is 4. The van der Waals surface area contributed by atoms with Crippen molar-refractivity contribution in [3.8, 4) is 5.75 Å². The van der Waals surface area contributed by atoms with Crippen molar-refractivity contribution in [3.63, 3.8) is 0 Å². The molecule has 1 heterocycles. The first-order valence-corrected chi connectivity index (χ1v) is 7.02. The largest absolute Gasteiger partial charge is 0.484 e. The van der Waals surface area contributed by atoms with Gasteiger partial charge in [0.25, 0.3) is 0 Å². The third-order valence-corrected chi connectivity index (χ3v) is 2.93. The lowest BCUT2D eigenvalue weighted by atomic mass is 10.1. The Balaban J connectivity index is 2.02. The van der Waals surface area contributed by atoms with Crippen LogP contribution in [-0.2, 0) is 20.2 Å². The molecule has 0 saturated heterocycles. The van der Waals surface area contributed by atoms with Gasteiger partial charge in [-0.3, -0.25) is 4.68 Å². The molecule has 0 amide bonds. The van der Waals surface area contributed by atoms with E-state index in [1.165, 1.54) is 6.07 Å². The van der Waals surface area contributed by atoms with Crippen molar-refractivity contribution in [2.45, 2.75) is 27.0 Å². The summed E-state index contributed by atoms with van der Waals surface area (Å²) in [5, 5.41) is 11.0. The van der Waals surface area contributed by atoms with E-state index in [0.717, 1.165) is 12.1 Å². The number of halogens is 1. The zero-order valence-corrected chi connectivity index (χ0v) is 12.6. The number of benzene rings is 1. The van der Waals surface area contributed by atoms with Crippen molar-refractivity contribution in [3.05, 3.63) is 41.5 Å². The van der Waals surface area contributed by atoms with E-state index in [1.807, 2.05) is 6.07 Å². The zero-order chi connectivity index (χ0) is 15.2. The van der Waals surface area contributed by atoms with Gasteiger partial charge in [-0.05, 0) is 18.5 Å². The number of aryl methyl sites for hydroxylation is 1. The molecule has 0 spiro atoms. The van der Waals surface area contributed by atoms with E-state index in [1.54, 1.807) is 24.0 Å². The molecule has 0 aliphatic heterocycles. The third-order valence-electron chi connectivity index (χ3n) is 2.93. The summed E-state index contributed by atoms with van der Waals surface area (Å²) in [6.45, 7) is 5.91. The van der Waals surface area contributed by atoms with Gasteiger partial charge in [0.05, 0.1) is 6.20 Å². The summed E-state index contributed by atoms with van der Waals surface area (Å²) in [6, 6.07) is 4.96. The summed E-state index contributed by atoms with van der Waals surface area (Å²) >= 11 is 0. The first-order chi connectivity index (χ1) is 10.1. The van der Waals surface area contributed by atoms with Gasteiger partial charge in [0.1, 0.15) is 12.3 Å². The van der Waals surface area contributed by atoms with Gasteiger partial charge < -0.3 is 10.1 Å². The van der Waals surface area contributed by atoms with Crippen LogP contribution in [-0.4, -0.2) is 21.5 Å². The predicted octanol–water partition coefficient (Wildman–Crippen LogP) is 2.28. The molecule has 1 aromatic heterocycles. The van der Waals surface area contributed by atoms with Crippen molar-refractivity contribution in [2.24, 2.45) is 13.0 Å². The Labute approximate surface area is 124 Å². The quantitative estimate of drug-likeness (QED) is 0.850. The van der Waals surface area contributed by atoms with Crippen LogP contribution in [0.5, 0.6) is 5.75 Å². The van der Waals surface area contributed by atoms with Crippen LogP contribution in [0.2, 0.25) is 0 Å². The molecule has 1 N–H and O–H groups in total. The topological polar surface area (TPSA) is 52.0 Å². The monoisotopic (exact) mass is 292 g/mol. The molecular formula is C15H21FN4O. The Morgan fingerprint density at radius 1 is 1.38 bits per heavy atom. The Bertz CT molecular complexity index is 583. The maximum atomic E-state index is 13.9. The maximum absolute atomic E-state index is 13.9. The number of para-hydroxylation sites is 1. The van der Waals surface area contributed by atoms with Crippen LogP contribution >= 0.6 is 0 Å². The van der Waals surface area contributed by atoms with Gasteiger partial charge in [0, 0.05) is 19.2 Å². The second-order valence-corrected chi connectivity index (χ2v) is 5.43. The highest BCUT2D eigenvalue weighted by atomic mass is 19.1. The van der Waals surface area contributed by atoms with Crippen molar-refractivity contribution >= 4 is 0 Å². The van der Waals surface area contributed by atoms with Crippen LogP contribution in [0.15, 0.2) is 24.4 Å². The molecule has 2 aromatic rings. The summed E-state index contributed by atoms with van der Waals surface area (Å²) in [5.41, 5.74) is 1.47. The molecule has 5 nitrogen and oxygen atoms in total. The minimum absolute atomic E-state index is 0.200. The number of nitrogens with zero attached hydrogens (tertiary/aromatic N) is 3. The third kappa shape index (κ3) is 4.53. The van der Waals surface area contributed by atoms with E-state index >= 15 is 0 Å². The fraction of sp³-hybridized carbons (Fsp3) is 0.467. The smallest absolute Gasteiger partial charge is 0.165 e. The Hall–Kier alpha value is -1.95. The van der Waals surface area contributed by atoms with Gasteiger partial charge in [0.15, 0.2) is 11.6 Å².